The van der Waals surface area contributed by atoms with Gasteiger partial charge in [-0.05, 0) is 42.3 Å². The van der Waals surface area contributed by atoms with E-state index < -0.39 is 10.0 Å². The lowest BCUT2D eigenvalue weighted by molar-refractivity contribution is 0.366. The summed E-state index contributed by atoms with van der Waals surface area (Å²) in [7, 11) is -3.56. The fourth-order valence-corrected chi connectivity index (χ4v) is 3.21. The van der Waals surface area contributed by atoms with Crippen molar-refractivity contribution in [3.05, 3.63) is 71.2 Å². The molecule has 0 bridgehead atoms. The van der Waals surface area contributed by atoms with Crippen LogP contribution < -0.4 is 9.46 Å². The van der Waals surface area contributed by atoms with Gasteiger partial charge in [-0.2, -0.15) is 4.72 Å². The van der Waals surface area contributed by atoms with Gasteiger partial charge in [-0.15, -0.1) is 6.58 Å². The summed E-state index contributed by atoms with van der Waals surface area (Å²) in [6, 6.07) is 14.1. The molecule has 0 atom stereocenters. The van der Waals surface area contributed by atoms with Gasteiger partial charge in [0.1, 0.15) is 12.4 Å². The monoisotopic (exact) mass is 419 g/mol. The third kappa shape index (κ3) is 6.05. The van der Waals surface area contributed by atoms with E-state index in [0.717, 1.165) is 22.2 Å². The predicted octanol–water partition coefficient (Wildman–Crippen LogP) is 3.54. The van der Waals surface area contributed by atoms with Crippen LogP contribution in [0.5, 0.6) is 5.75 Å². The fourth-order valence-electron chi connectivity index (χ4n) is 2.02. The quantitative estimate of drug-likeness (QED) is 0.551. The number of para-hydroxylation sites is 1. The highest BCUT2D eigenvalue weighted by atomic mass is 79.9. The molecule has 0 aromatic heterocycles. The molecule has 0 heterocycles. The van der Waals surface area contributed by atoms with Gasteiger partial charge in [0, 0.05) is 4.47 Å². The predicted molar refractivity (Wildman–Crippen MR) is 103 cm³/mol. The Hall–Kier alpha value is -2.07. The number of nitrogens with one attached hydrogen (secondary N) is 1. The molecule has 0 aliphatic carbocycles. The lowest BCUT2D eigenvalue weighted by Gasteiger charge is -2.07. The van der Waals surface area contributed by atoms with Crippen molar-refractivity contribution < 1.29 is 13.2 Å². The molecule has 2 aromatic carbocycles. The van der Waals surface area contributed by atoms with E-state index in [0.29, 0.717) is 0 Å². The van der Waals surface area contributed by atoms with Crippen molar-refractivity contribution in [3.8, 4) is 17.6 Å². The van der Waals surface area contributed by atoms with Crippen molar-refractivity contribution in [1.29, 1.82) is 0 Å². The van der Waals surface area contributed by atoms with E-state index in [2.05, 4.69) is 39.1 Å². The SMILES string of the molecule is C=CCc1ccccc1OCC#CCNS(=O)(=O)c1ccc(Br)cc1. The molecule has 6 heteroatoms. The maximum absolute atomic E-state index is 12.1. The van der Waals surface area contributed by atoms with Crippen molar-refractivity contribution in [2.24, 2.45) is 0 Å². The van der Waals surface area contributed by atoms with Crippen LogP contribution in [0.3, 0.4) is 0 Å². The van der Waals surface area contributed by atoms with Gasteiger partial charge < -0.3 is 4.74 Å². The van der Waals surface area contributed by atoms with Crippen LogP contribution in [0.1, 0.15) is 5.56 Å². The highest BCUT2D eigenvalue weighted by Crippen LogP contribution is 2.18. The van der Waals surface area contributed by atoms with E-state index in [1.165, 1.54) is 12.1 Å². The first kappa shape index (κ1) is 19.3. The van der Waals surface area contributed by atoms with Gasteiger partial charge in [0.15, 0.2) is 0 Å². The summed E-state index contributed by atoms with van der Waals surface area (Å²) in [5.41, 5.74) is 1.04. The Morgan fingerprint density at radius 3 is 2.56 bits per heavy atom. The van der Waals surface area contributed by atoms with Gasteiger partial charge >= 0.3 is 0 Å². The molecule has 1 N–H and O–H groups in total. The second-order valence-electron chi connectivity index (χ2n) is 5.02. The first-order valence-corrected chi connectivity index (χ1v) is 9.83. The number of halogens is 1. The zero-order valence-electron chi connectivity index (χ0n) is 13.5. The molecular weight excluding hydrogens is 402 g/mol. The number of benzene rings is 2. The zero-order valence-corrected chi connectivity index (χ0v) is 15.9. The van der Waals surface area contributed by atoms with E-state index >= 15 is 0 Å². The minimum Gasteiger partial charge on any atom is -0.481 e. The molecule has 0 fully saturated rings. The molecular formula is C19H18BrNO3S. The van der Waals surface area contributed by atoms with Crippen LogP contribution in [-0.4, -0.2) is 21.6 Å². The summed E-state index contributed by atoms with van der Waals surface area (Å²) < 4.78 is 33.0. The van der Waals surface area contributed by atoms with Gasteiger partial charge in [0.05, 0.1) is 11.4 Å². The molecule has 0 aliphatic heterocycles. The number of ether oxygens (including phenoxy) is 1. The van der Waals surface area contributed by atoms with Crippen molar-refractivity contribution in [2.45, 2.75) is 11.3 Å². The molecule has 0 unspecified atom stereocenters. The molecule has 0 amide bonds. The van der Waals surface area contributed by atoms with E-state index in [1.54, 1.807) is 12.1 Å². The first-order valence-electron chi connectivity index (χ1n) is 7.55. The molecule has 0 aliphatic rings. The van der Waals surface area contributed by atoms with E-state index in [4.69, 9.17) is 4.74 Å². The zero-order chi connectivity index (χ0) is 18.1. The van der Waals surface area contributed by atoms with Gasteiger partial charge in [0.25, 0.3) is 0 Å². The average Bonchev–Trinajstić information content (AvgIpc) is 2.60. The van der Waals surface area contributed by atoms with Crippen LogP contribution in [0.2, 0.25) is 0 Å². The topological polar surface area (TPSA) is 55.4 Å². The molecule has 2 rings (SSSR count). The molecule has 0 saturated carbocycles. The van der Waals surface area contributed by atoms with Crippen molar-refractivity contribution in [1.82, 2.24) is 4.72 Å². The number of hydrogen-bond acceptors (Lipinski definition) is 3. The van der Waals surface area contributed by atoms with E-state index in [1.807, 2.05) is 30.3 Å². The Bertz CT molecular complexity index is 881. The maximum atomic E-state index is 12.1. The van der Waals surface area contributed by atoms with Crippen molar-refractivity contribution in [2.75, 3.05) is 13.2 Å². The largest absolute Gasteiger partial charge is 0.481 e. The molecule has 0 saturated heterocycles. The Labute approximate surface area is 157 Å². The molecule has 0 radical (unpaired) electrons. The maximum Gasteiger partial charge on any atom is 0.241 e. The summed E-state index contributed by atoms with van der Waals surface area (Å²) in [4.78, 5) is 0.201. The third-order valence-corrected chi connectivity index (χ3v) is 5.18. The summed E-state index contributed by atoms with van der Waals surface area (Å²) in [5, 5.41) is 0. The average molecular weight is 420 g/mol. The summed E-state index contributed by atoms with van der Waals surface area (Å²) in [6.45, 7) is 3.93. The lowest BCUT2D eigenvalue weighted by atomic mass is 10.1. The number of allylic oxidation sites excluding steroid dienone is 1. The number of hydrogen-bond donors (Lipinski definition) is 1. The Kier molecular flexibility index (Phi) is 7.26. The molecule has 130 valence electrons. The summed E-state index contributed by atoms with van der Waals surface area (Å²) in [6.07, 6.45) is 2.53. The van der Waals surface area contributed by atoms with Crippen LogP contribution in [-0.2, 0) is 16.4 Å². The van der Waals surface area contributed by atoms with Crippen LogP contribution >= 0.6 is 15.9 Å². The molecule has 2 aromatic rings. The smallest absolute Gasteiger partial charge is 0.241 e. The fraction of sp³-hybridized carbons (Fsp3) is 0.158. The second-order valence-corrected chi connectivity index (χ2v) is 7.70. The second kappa shape index (κ2) is 9.42. The van der Waals surface area contributed by atoms with Gasteiger partial charge in [-0.3, -0.25) is 0 Å². The minimum atomic E-state index is -3.56. The third-order valence-electron chi connectivity index (χ3n) is 3.24. The van der Waals surface area contributed by atoms with Gasteiger partial charge in [-0.1, -0.05) is 52.0 Å². The first-order chi connectivity index (χ1) is 12.0. The number of sulfonamides is 1. The Morgan fingerprint density at radius 2 is 1.84 bits per heavy atom. The Morgan fingerprint density at radius 1 is 1.12 bits per heavy atom. The van der Waals surface area contributed by atoms with E-state index in [-0.39, 0.29) is 18.0 Å². The van der Waals surface area contributed by atoms with Crippen molar-refractivity contribution in [3.63, 3.8) is 0 Å². The van der Waals surface area contributed by atoms with E-state index in [9.17, 15) is 8.42 Å². The van der Waals surface area contributed by atoms with Gasteiger partial charge in [-0.25, -0.2) is 8.42 Å². The molecule has 0 spiro atoms. The van der Waals surface area contributed by atoms with Crippen LogP contribution in [0, 0.1) is 11.8 Å². The van der Waals surface area contributed by atoms with Crippen LogP contribution in [0.4, 0.5) is 0 Å². The van der Waals surface area contributed by atoms with Crippen LogP contribution in [0.15, 0.2) is 70.6 Å². The van der Waals surface area contributed by atoms with Gasteiger partial charge in [0.2, 0.25) is 10.0 Å². The highest BCUT2D eigenvalue weighted by molar-refractivity contribution is 9.10. The normalized spacial score (nSPS) is 10.6. The Balaban J connectivity index is 1.85. The summed E-state index contributed by atoms with van der Waals surface area (Å²) >= 11 is 3.27. The molecule has 25 heavy (non-hydrogen) atoms. The minimum absolute atomic E-state index is 0.0239. The van der Waals surface area contributed by atoms with Crippen molar-refractivity contribution >= 4 is 26.0 Å². The lowest BCUT2D eigenvalue weighted by Crippen LogP contribution is -2.24. The highest BCUT2D eigenvalue weighted by Gasteiger charge is 2.11. The number of rotatable bonds is 7. The summed E-state index contributed by atoms with van der Waals surface area (Å²) in [5.74, 6) is 6.31. The molecule has 4 nitrogen and oxygen atoms in total. The van der Waals surface area contributed by atoms with Crippen LogP contribution in [0.25, 0.3) is 0 Å². The standard InChI is InChI=1S/C19H18BrNO3S/c1-2-7-16-8-3-4-9-19(16)24-15-6-5-14-21-25(22,23)18-12-10-17(20)11-13-18/h2-4,8-13,21H,1,7,14-15H2.